The van der Waals surface area contributed by atoms with E-state index in [1.807, 2.05) is 17.8 Å². The normalized spacial score (nSPS) is 11.7. The average Bonchev–Trinajstić information content (AvgIpc) is 2.10. The molecule has 0 rings (SSSR count). The lowest BCUT2D eigenvalue weighted by Gasteiger charge is -2.01. The van der Waals surface area contributed by atoms with Gasteiger partial charge in [0, 0.05) is 0 Å². The van der Waals surface area contributed by atoms with Gasteiger partial charge in [-0.2, -0.15) is 0 Å². The highest BCUT2D eigenvalue weighted by Crippen LogP contribution is 2.19. The number of unbranched alkanes of at least 4 members (excludes halogenated alkanes) is 3. The molecule has 0 saturated carbocycles. The van der Waals surface area contributed by atoms with Gasteiger partial charge in [-0.3, -0.25) is 0 Å². The van der Waals surface area contributed by atoms with Gasteiger partial charge < -0.3 is 0 Å². The predicted octanol–water partition coefficient (Wildman–Crippen LogP) is 4.39. The van der Waals surface area contributed by atoms with Crippen LogP contribution in [0.2, 0.25) is 0 Å². The summed E-state index contributed by atoms with van der Waals surface area (Å²) in [5, 5.41) is 0. The Bertz CT molecular complexity index is 136. The van der Waals surface area contributed by atoms with Crippen LogP contribution in [0.3, 0.4) is 0 Å². The number of hydrogen-bond donors (Lipinski definition) is 0. The van der Waals surface area contributed by atoms with Gasteiger partial charge in [0.15, 0.2) is 0 Å². The van der Waals surface area contributed by atoms with Crippen LogP contribution in [0, 0.1) is 0 Å². The number of rotatable bonds is 7. The van der Waals surface area contributed by atoms with Gasteiger partial charge in [0.25, 0.3) is 0 Å². The fraction of sp³-hybridized carbons (Fsp3) is 0.636. The van der Waals surface area contributed by atoms with Crippen LogP contribution in [-0.4, -0.2) is 6.26 Å². The third kappa shape index (κ3) is 6.53. The van der Waals surface area contributed by atoms with E-state index in [1.54, 1.807) is 0 Å². The molecule has 70 valence electrons. The van der Waals surface area contributed by atoms with E-state index in [0.717, 1.165) is 0 Å². The van der Waals surface area contributed by atoms with Crippen LogP contribution in [0.4, 0.5) is 0 Å². The minimum atomic E-state index is 1.23. The van der Waals surface area contributed by atoms with Gasteiger partial charge >= 0.3 is 0 Å². The molecule has 0 spiro atoms. The van der Waals surface area contributed by atoms with Crippen molar-refractivity contribution < 1.29 is 0 Å². The summed E-state index contributed by atoms with van der Waals surface area (Å²) in [6.07, 6.45) is 12.8. The molecule has 0 radical (unpaired) electrons. The van der Waals surface area contributed by atoms with E-state index in [9.17, 15) is 0 Å². The summed E-state index contributed by atoms with van der Waals surface area (Å²) < 4.78 is 0. The van der Waals surface area contributed by atoms with Crippen LogP contribution in [-0.2, 0) is 0 Å². The van der Waals surface area contributed by atoms with Gasteiger partial charge in [-0.15, -0.1) is 11.8 Å². The van der Waals surface area contributed by atoms with Gasteiger partial charge in [0.2, 0.25) is 0 Å². The third-order valence-electron chi connectivity index (χ3n) is 1.84. The van der Waals surface area contributed by atoms with E-state index in [4.69, 9.17) is 0 Å². The summed E-state index contributed by atoms with van der Waals surface area (Å²) in [6.45, 7) is 5.95. The van der Waals surface area contributed by atoms with Crippen molar-refractivity contribution in [3.63, 3.8) is 0 Å². The maximum absolute atomic E-state index is 3.70. The SMILES string of the molecule is C=C/C=C(/CCCCCC)SC. The van der Waals surface area contributed by atoms with Crippen molar-refractivity contribution in [3.05, 3.63) is 23.6 Å². The second kappa shape index (κ2) is 8.92. The minimum Gasteiger partial charge on any atom is -0.134 e. The summed E-state index contributed by atoms with van der Waals surface area (Å²) in [7, 11) is 0. The number of hydrogen-bond acceptors (Lipinski definition) is 1. The molecule has 0 saturated heterocycles. The smallest absolute Gasteiger partial charge is 0.0140 e. The topological polar surface area (TPSA) is 0 Å². The van der Waals surface area contributed by atoms with Gasteiger partial charge in [-0.05, 0) is 24.0 Å². The van der Waals surface area contributed by atoms with Crippen LogP contribution >= 0.6 is 11.8 Å². The van der Waals surface area contributed by atoms with Gasteiger partial charge in [-0.1, -0.05) is 44.9 Å². The molecule has 0 bridgehead atoms. The maximum atomic E-state index is 3.70. The van der Waals surface area contributed by atoms with Crippen molar-refractivity contribution in [1.29, 1.82) is 0 Å². The molecule has 0 aromatic carbocycles. The molecule has 12 heavy (non-hydrogen) atoms. The molecule has 0 aromatic rings. The van der Waals surface area contributed by atoms with Crippen LogP contribution in [0.5, 0.6) is 0 Å². The monoisotopic (exact) mass is 184 g/mol. The van der Waals surface area contributed by atoms with E-state index in [2.05, 4.69) is 25.8 Å². The lowest BCUT2D eigenvalue weighted by atomic mass is 10.1. The molecule has 0 heterocycles. The number of allylic oxidation sites excluding steroid dienone is 3. The van der Waals surface area contributed by atoms with Gasteiger partial charge in [0.1, 0.15) is 0 Å². The zero-order valence-corrected chi connectivity index (χ0v) is 9.12. The molecule has 0 aliphatic carbocycles. The molecule has 0 aliphatic heterocycles. The Kier molecular flexibility index (Phi) is 8.80. The molecule has 0 fully saturated rings. The standard InChI is InChI=1S/C11H20S/c1-4-6-7-8-10-11(12-3)9-5-2/h5,9H,2,4,6-8,10H2,1,3H3/b11-9-. The Morgan fingerprint density at radius 3 is 2.58 bits per heavy atom. The molecule has 0 amide bonds. The fourth-order valence-corrected chi connectivity index (χ4v) is 1.69. The van der Waals surface area contributed by atoms with Crippen LogP contribution < -0.4 is 0 Å². The first-order valence-electron chi connectivity index (χ1n) is 4.70. The quantitative estimate of drug-likeness (QED) is 0.418. The highest BCUT2D eigenvalue weighted by molar-refractivity contribution is 8.02. The summed E-state index contributed by atoms with van der Waals surface area (Å²) in [4.78, 5) is 1.46. The lowest BCUT2D eigenvalue weighted by Crippen LogP contribution is -1.79. The van der Waals surface area contributed by atoms with Crippen LogP contribution in [0.25, 0.3) is 0 Å². The first kappa shape index (κ1) is 11.8. The van der Waals surface area contributed by atoms with E-state index in [1.165, 1.54) is 37.0 Å². The third-order valence-corrected chi connectivity index (χ3v) is 2.71. The minimum absolute atomic E-state index is 1.23. The second-order valence-corrected chi connectivity index (χ2v) is 3.82. The van der Waals surface area contributed by atoms with Crippen molar-refractivity contribution in [1.82, 2.24) is 0 Å². The first-order valence-corrected chi connectivity index (χ1v) is 5.93. The van der Waals surface area contributed by atoms with Crippen LogP contribution in [0.1, 0.15) is 39.0 Å². The van der Waals surface area contributed by atoms with Gasteiger partial charge in [-0.25, -0.2) is 0 Å². The Morgan fingerprint density at radius 1 is 1.33 bits per heavy atom. The van der Waals surface area contributed by atoms with Crippen molar-refractivity contribution in [3.8, 4) is 0 Å². The van der Waals surface area contributed by atoms with E-state index in [-0.39, 0.29) is 0 Å². The maximum Gasteiger partial charge on any atom is -0.0140 e. The van der Waals surface area contributed by atoms with Crippen LogP contribution in [0.15, 0.2) is 23.6 Å². The highest BCUT2D eigenvalue weighted by Gasteiger charge is 1.93. The van der Waals surface area contributed by atoms with E-state index < -0.39 is 0 Å². The molecule has 0 N–H and O–H groups in total. The fourth-order valence-electron chi connectivity index (χ4n) is 1.11. The Hall–Kier alpha value is -0.170. The zero-order chi connectivity index (χ0) is 9.23. The number of thioether (sulfide) groups is 1. The summed E-state index contributed by atoms with van der Waals surface area (Å²) in [6, 6.07) is 0. The summed E-state index contributed by atoms with van der Waals surface area (Å²) in [5.74, 6) is 0. The van der Waals surface area contributed by atoms with Crippen molar-refractivity contribution in [2.24, 2.45) is 0 Å². The molecule has 0 nitrogen and oxygen atoms in total. The van der Waals surface area contributed by atoms with Crippen molar-refractivity contribution >= 4 is 11.8 Å². The van der Waals surface area contributed by atoms with E-state index in [0.29, 0.717) is 0 Å². The van der Waals surface area contributed by atoms with Crippen molar-refractivity contribution in [2.45, 2.75) is 39.0 Å². The second-order valence-electron chi connectivity index (χ2n) is 2.88. The Balaban J connectivity index is 3.45. The highest BCUT2D eigenvalue weighted by atomic mass is 32.2. The molecule has 0 aromatic heterocycles. The van der Waals surface area contributed by atoms with Crippen molar-refractivity contribution in [2.75, 3.05) is 6.26 Å². The molecule has 0 atom stereocenters. The zero-order valence-electron chi connectivity index (χ0n) is 8.31. The summed E-state index contributed by atoms with van der Waals surface area (Å²) in [5.41, 5.74) is 0. The lowest BCUT2D eigenvalue weighted by molar-refractivity contribution is 0.672. The average molecular weight is 184 g/mol. The van der Waals surface area contributed by atoms with Gasteiger partial charge in [0.05, 0.1) is 0 Å². The predicted molar refractivity (Wildman–Crippen MR) is 60.6 cm³/mol. The first-order chi connectivity index (χ1) is 5.85. The van der Waals surface area contributed by atoms with E-state index >= 15 is 0 Å². The molecule has 0 unspecified atom stereocenters. The largest absolute Gasteiger partial charge is 0.134 e. The Morgan fingerprint density at radius 2 is 2.08 bits per heavy atom. The molecular weight excluding hydrogens is 164 g/mol. The molecule has 0 aliphatic rings. The Labute approximate surface area is 81.1 Å². The molecule has 1 heteroatoms. The summed E-state index contributed by atoms with van der Waals surface area (Å²) >= 11 is 1.84. The molecular formula is C11H20S.